The molecule has 1 aromatic carbocycles. The fraction of sp³-hybridized carbons (Fsp3) is 0.238. The normalized spacial score (nSPS) is 16.3. The second-order valence-electron chi connectivity index (χ2n) is 6.74. The number of para-hydroxylation sites is 1. The number of thioether (sulfide) groups is 1. The van der Waals surface area contributed by atoms with Crippen LogP contribution in [0.3, 0.4) is 0 Å². The summed E-state index contributed by atoms with van der Waals surface area (Å²) in [7, 11) is 1.19. The van der Waals surface area contributed by atoms with Gasteiger partial charge in [0, 0.05) is 11.4 Å². The van der Waals surface area contributed by atoms with Gasteiger partial charge in [-0.25, -0.2) is 9.59 Å². The minimum Gasteiger partial charge on any atom is -0.478 e. The molecule has 3 rings (SSSR count). The van der Waals surface area contributed by atoms with Gasteiger partial charge in [-0.05, 0) is 62.4 Å². The molecular formula is C21H20N2O6S. The molecule has 0 spiro atoms. The lowest BCUT2D eigenvalue weighted by atomic mass is 10.1. The molecule has 1 saturated heterocycles. The summed E-state index contributed by atoms with van der Waals surface area (Å²) in [6.45, 7) is 5.06. The molecule has 1 N–H and O–H groups in total. The molecule has 1 fully saturated rings. The Hall–Kier alpha value is -3.33. The fourth-order valence-electron chi connectivity index (χ4n) is 3.38. The first-order chi connectivity index (χ1) is 14.2. The Morgan fingerprint density at radius 1 is 1.20 bits per heavy atom. The number of ether oxygens (including phenoxy) is 1. The zero-order chi connectivity index (χ0) is 22.2. The summed E-state index contributed by atoms with van der Waals surface area (Å²) >= 11 is 0.748. The van der Waals surface area contributed by atoms with E-state index in [0.717, 1.165) is 22.4 Å². The number of hydrogen-bond donors (Lipinski definition) is 1. The average Bonchev–Trinajstić information content (AvgIpc) is 3.15. The first-order valence-electron chi connectivity index (χ1n) is 9.04. The highest BCUT2D eigenvalue weighted by molar-refractivity contribution is 8.18. The van der Waals surface area contributed by atoms with Crippen LogP contribution < -0.4 is 0 Å². The van der Waals surface area contributed by atoms with Crippen LogP contribution in [0.4, 0.5) is 4.79 Å². The summed E-state index contributed by atoms with van der Waals surface area (Å²) in [5.41, 5.74) is 2.82. The predicted octanol–water partition coefficient (Wildman–Crippen LogP) is 3.39. The number of carbonyl (C=O) groups excluding carboxylic acids is 3. The monoisotopic (exact) mass is 428 g/mol. The molecule has 156 valence electrons. The summed E-state index contributed by atoms with van der Waals surface area (Å²) in [5, 5.41) is 8.95. The van der Waals surface area contributed by atoms with E-state index in [1.807, 2.05) is 13.0 Å². The number of carbonyl (C=O) groups is 4. The Morgan fingerprint density at radius 2 is 1.87 bits per heavy atom. The van der Waals surface area contributed by atoms with Crippen molar-refractivity contribution in [3.05, 3.63) is 57.8 Å². The van der Waals surface area contributed by atoms with Gasteiger partial charge < -0.3 is 14.4 Å². The molecule has 1 aliphatic heterocycles. The van der Waals surface area contributed by atoms with Crippen molar-refractivity contribution in [1.82, 2.24) is 9.47 Å². The van der Waals surface area contributed by atoms with Crippen molar-refractivity contribution in [2.45, 2.75) is 26.8 Å². The summed E-state index contributed by atoms with van der Waals surface area (Å²) in [5.74, 6) is -2.29. The van der Waals surface area contributed by atoms with Gasteiger partial charge in [-0.1, -0.05) is 12.1 Å². The smallest absolute Gasteiger partial charge is 0.337 e. The lowest BCUT2D eigenvalue weighted by molar-refractivity contribution is -0.148. The van der Waals surface area contributed by atoms with Crippen LogP contribution in [-0.4, -0.2) is 50.8 Å². The molecule has 9 heteroatoms. The van der Waals surface area contributed by atoms with Crippen LogP contribution in [0.5, 0.6) is 0 Å². The van der Waals surface area contributed by atoms with Crippen molar-refractivity contribution in [3.63, 3.8) is 0 Å². The third kappa shape index (κ3) is 3.63. The van der Waals surface area contributed by atoms with Crippen LogP contribution in [0.25, 0.3) is 11.8 Å². The maximum Gasteiger partial charge on any atom is 0.337 e. The number of amides is 2. The Balaban J connectivity index is 2.02. The van der Waals surface area contributed by atoms with E-state index in [2.05, 4.69) is 4.74 Å². The van der Waals surface area contributed by atoms with Gasteiger partial charge in [-0.2, -0.15) is 0 Å². The number of methoxy groups -OCH3 is 1. The molecular weight excluding hydrogens is 408 g/mol. The van der Waals surface area contributed by atoms with Crippen molar-refractivity contribution >= 4 is 40.9 Å². The minimum atomic E-state index is -1.04. The van der Waals surface area contributed by atoms with Crippen LogP contribution in [0.1, 0.15) is 34.2 Å². The maximum atomic E-state index is 12.7. The molecule has 2 amide bonds. The molecule has 2 aromatic rings. The first kappa shape index (κ1) is 21.4. The van der Waals surface area contributed by atoms with Crippen molar-refractivity contribution in [1.29, 1.82) is 0 Å². The van der Waals surface area contributed by atoms with Crippen LogP contribution in [-0.2, 0) is 14.3 Å². The number of benzene rings is 1. The lowest BCUT2D eigenvalue weighted by Crippen LogP contribution is -2.42. The van der Waals surface area contributed by atoms with E-state index < -0.39 is 29.1 Å². The Bertz CT molecular complexity index is 1100. The van der Waals surface area contributed by atoms with E-state index >= 15 is 0 Å². The molecule has 2 heterocycles. The van der Waals surface area contributed by atoms with Crippen molar-refractivity contribution in [3.8, 4) is 5.69 Å². The predicted molar refractivity (Wildman–Crippen MR) is 111 cm³/mol. The van der Waals surface area contributed by atoms with Crippen molar-refractivity contribution < 1.29 is 29.0 Å². The summed E-state index contributed by atoms with van der Waals surface area (Å²) in [6.07, 6.45) is 1.58. The fourth-order valence-corrected chi connectivity index (χ4v) is 4.28. The highest BCUT2D eigenvalue weighted by Crippen LogP contribution is 2.35. The van der Waals surface area contributed by atoms with Gasteiger partial charge in [0.05, 0.1) is 23.3 Å². The van der Waals surface area contributed by atoms with Gasteiger partial charge in [0.2, 0.25) is 0 Å². The number of carboxylic acid groups (broad SMARTS) is 1. The van der Waals surface area contributed by atoms with E-state index in [1.165, 1.54) is 20.1 Å². The Morgan fingerprint density at radius 3 is 2.50 bits per heavy atom. The van der Waals surface area contributed by atoms with Crippen molar-refractivity contribution in [2.24, 2.45) is 0 Å². The summed E-state index contributed by atoms with van der Waals surface area (Å²) in [4.78, 5) is 49.4. The molecule has 8 nitrogen and oxygen atoms in total. The zero-order valence-corrected chi connectivity index (χ0v) is 17.6. The number of imide groups is 1. The molecule has 0 unspecified atom stereocenters. The van der Waals surface area contributed by atoms with Crippen LogP contribution >= 0.6 is 11.8 Å². The van der Waals surface area contributed by atoms with E-state index in [9.17, 15) is 24.3 Å². The number of carboxylic acids is 1. The Kier molecular flexibility index (Phi) is 5.84. The van der Waals surface area contributed by atoms with E-state index in [0.29, 0.717) is 16.9 Å². The maximum absolute atomic E-state index is 12.7. The van der Waals surface area contributed by atoms with Crippen molar-refractivity contribution in [2.75, 3.05) is 7.11 Å². The molecule has 0 radical (unpaired) electrons. The highest BCUT2D eigenvalue weighted by Gasteiger charge is 2.41. The first-order valence-corrected chi connectivity index (χ1v) is 9.85. The number of rotatable bonds is 5. The molecule has 0 aliphatic carbocycles. The van der Waals surface area contributed by atoms with Gasteiger partial charge in [0.25, 0.3) is 11.1 Å². The second-order valence-corrected chi connectivity index (χ2v) is 7.73. The summed E-state index contributed by atoms with van der Waals surface area (Å²) in [6, 6.07) is 7.42. The molecule has 1 atom stereocenters. The summed E-state index contributed by atoms with van der Waals surface area (Å²) < 4.78 is 6.42. The quantitative estimate of drug-likeness (QED) is 0.575. The zero-order valence-electron chi connectivity index (χ0n) is 16.8. The number of aryl methyl sites for hydroxylation is 1. The number of aromatic carboxylic acids is 1. The molecule has 0 saturated carbocycles. The van der Waals surface area contributed by atoms with E-state index in [-0.39, 0.29) is 10.5 Å². The molecule has 1 aromatic heterocycles. The number of hydrogen-bond acceptors (Lipinski definition) is 6. The number of nitrogens with zero attached hydrogens (tertiary/aromatic N) is 2. The Labute approximate surface area is 177 Å². The third-order valence-electron chi connectivity index (χ3n) is 4.89. The van der Waals surface area contributed by atoms with Crippen LogP contribution in [0, 0.1) is 13.8 Å². The minimum absolute atomic E-state index is 0.151. The van der Waals surface area contributed by atoms with Crippen LogP contribution in [0.2, 0.25) is 0 Å². The average molecular weight is 428 g/mol. The van der Waals surface area contributed by atoms with E-state index in [1.54, 1.807) is 35.8 Å². The highest BCUT2D eigenvalue weighted by atomic mass is 32.2. The van der Waals surface area contributed by atoms with Gasteiger partial charge in [0.1, 0.15) is 6.04 Å². The number of aromatic nitrogens is 1. The van der Waals surface area contributed by atoms with E-state index in [4.69, 9.17) is 0 Å². The number of esters is 1. The van der Waals surface area contributed by atoms with Gasteiger partial charge in [-0.3, -0.25) is 14.5 Å². The molecule has 0 bridgehead atoms. The largest absolute Gasteiger partial charge is 0.478 e. The topological polar surface area (TPSA) is 106 Å². The SMILES string of the molecule is COC(=O)[C@@H](C)N1C(=O)S/C(=C/c2cc(C)n(-c3ccccc3C(=O)O)c2C)C1=O. The third-order valence-corrected chi connectivity index (χ3v) is 5.77. The van der Waals surface area contributed by atoms with Gasteiger partial charge in [0.15, 0.2) is 0 Å². The standard InChI is InChI=1S/C21H20N2O6S/c1-11-9-14(12(2)22(11)16-8-6-5-7-15(16)19(25)26)10-17-18(24)23(21(28)30-17)13(3)20(27)29-4/h5-10,13H,1-4H3,(H,25,26)/b17-10+/t13-/m1/s1. The van der Waals surface area contributed by atoms with Gasteiger partial charge >= 0.3 is 11.9 Å². The lowest BCUT2D eigenvalue weighted by Gasteiger charge is -2.18. The molecule has 30 heavy (non-hydrogen) atoms. The van der Waals surface area contributed by atoms with Crippen LogP contribution in [0.15, 0.2) is 35.2 Å². The second kappa shape index (κ2) is 8.19. The van der Waals surface area contributed by atoms with Gasteiger partial charge in [-0.15, -0.1) is 0 Å². The molecule has 1 aliphatic rings.